The van der Waals surface area contributed by atoms with E-state index in [9.17, 15) is 0 Å². The lowest BCUT2D eigenvalue weighted by Gasteiger charge is -2.07. The Bertz CT molecular complexity index is 65.3. The van der Waals surface area contributed by atoms with E-state index in [2.05, 4.69) is 12.2 Å². The molecule has 1 aliphatic carbocycles. The summed E-state index contributed by atoms with van der Waals surface area (Å²) >= 11 is 0. The third kappa shape index (κ3) is 5.25. The molecule has 0 saturated heterocycles. The second-order valence-corrected chi connectivity index (χ2v) is 2.96. The van der Waals surface area contributed by atoms with Gasteiger partial charge in [0.1, 0.15) is 0 Å². The summed E-state index contributed by atoms with van der Waals surface area (Å²) in [6, 6.07) is 0. The van der Waals surface area contributed by atoms with E-state index >= 15 is 0 Å². The van der Waals surface area contributed by atoms with E-state index in [1.165, 1.54) is 32.2 Å². The highest BCUT2D eigenvalue weighted by molar-refractivity contribution is 4.68. The van der Waals surface area contributed by atoms with E-state index in [4.69, 9.17) is 0 Å². The molecule has 1 N–H and O–H groups in total. The molecule has 1 rings (SSSR count). The lowest BCUT2D eigenvalue weighted by atomic mass is 10.1. The minimum Gasteiger partial charge on any atom is -0.317 e. The quantitative estimate of drug-likeness (QED) is 0.664. The number of rotatable bonds is 3. The van der Waals surface area contributed by atoms with Crippen LogP contribution < -0.4 is 5.32 Å². The van der Waals surface area contributed by atoms with Gasteiger partial charge in [0.15, 0.2) is 0 Å². The van der Waals surface area contributed by atoms with Crippen LogP contribution in [-0.4, -0.2) is 13.1 Å². The number of nitrogens with one attached hydrogen (secondary N) is 1. The van der Waals surface area contributed by atoms with Gasteiger partial charge < -0.3 is 5.32 Å². The minimum absolute atomic E-state index is 1.00. The molecule has 0 spiro atoms. The van der Waals surface area contributed by atoms with Crippen LogP contribution in [0.2, 0.25) is 0 Å². The average Bonchev–Trinajstić information content (AvgIpc) is 2.57. The van der Waals surface area contributed by atoms with Gasteiger partial charge in [-0.05, 0) is 31.8 Å². The molecule has 0 aromatic rings. The maximum absolute atomic E-state index is 3.39. The molecule has 0 aromatic carbocycles. The zero-order chi connectivity index (χ0) is 8.53. The van der Waals surface area contributed by atoms with Crippen LogP contribution >= 0.6 is 0 Å². The molecular formula is C10H23N. The number of hydrogen-bond donors (Lipinski definition) is 1. The molecular weight excluding hydrogens is 134 g/mol. The predicted octanol–water partition coefficient (Wildman–Crippen LogP) is 2.81. The Morgan fingerprint density at radius 2 is 1.73 bits per heavy atom. The normalized spacial score (nSPS) is 17.7. The smallest absolute Gasteiger partial charge is 0.00206 e. The second-order valence-electron chi connectivity index (χ2n) is 2.96. The van der Waals surface area contributed by atoms with E-state index in [1.54, 1.807) is 0 Å². The summed E-state index contributed by atoms with van der Waals surface area (Å²) in [6.07, 6.45) is 5.87. The highest BCUT2D eigenvalue weighted by Gasteiger charge is 2.13. The Morgan fingerprint density at radius 1 is 1.18 bits per heavy atom. The third-order valence-electron chi connectivity index (χ3n) is 2.16. The van der Waals surface area contributed by atoms with Crippen LogP contribution in [0, 0.1) is 5.92 Å². The highest BCUT2D eigenvalue weighted by Crippen LogP contribution is 2.23. The fourth-order valence-corrected chi connectivity index (χ4v) is 1.56. The molecule has 0 heterocycles. The fraction of sp³-hybridized carbons (Fsp3) is 1.00. The summed E-state index contributed by atoms with van der Waals surface area (Å²) in [4.78, 5) is 0. The highest BCUT2D eigenvalue weighted by atomic mass is 14.8. The zero-order valence-corrected chi connectivity index (χ0v) is 8.32. The van der Waals surface area contributed by atoms with Crippen molar-refractivity contribution in [2.24, 2.45) is 5.92 Å². The average molecular weight is 157 g/mol. The molecule has 0 bridgehead atoms. The van der Waals surface area contributed by atoms with Gasteiger partial charge in [-0.25, -0.2) is 0 Å². The maximum Gasteiger partial charge on any atom is -0.00206 e. The van der Waals surface area contributed by atoms with Gasteiger partial charge >= 0.3 is 0 Å². The lowest BCUT2D eigenvalue weighted by Crippen LogP contribution is -2.20. The van der Waals surface area contributed by atoms with Crippen molar-refractivity contribution in [3.05, 3.63) is 0 Å². The van der Waals surface area contributed by atoms with Crippen molar-refractivity contribution in [2.45, 2.75) is 46.5 Å². The van der Waals surface area contributed by atoms with Gasteiger partial charge in [-0.1, -0.05) is 33.6 Å². The summed E-state index contributed by atoms with van der Waals surface area (Å²) in [6.45, 7) is 8.57. The molecule has 0 radical (unpaired) electrons. The topological polar surface area (TPSA) is 12.0 Å². The van der Waals surface area contributed by atoms with Crippen LogP contribution in [0.4, 0.5) is 0 Å². The van der Waals surface area contributed by atoms with Crippen molar-refractivity contribution < 1.29 is 0 Å². The number of hydrogen-bond acceptors (Lipinski definition) is 1. The van der Waals surface area contributed by atoms with E-state index in [0.29, 0.717) is 0 Å². The van der Waals surface area contributed by atoms with Crippen molar-refractivity contribution >= 4 is 0 Å². The summed E-state index contributed by atoms with van der Waals surface area (Å²) in [5.41, 5.74) is 0. The van der Waals surface area contributed by atoms with Gasteiger partial charge in [-0.2, -0.15) is 0 Å². The molecule has 0 atom stereocenters. The van der Waals surface area contributed by atoms with Gasteiger partial charge in [0.05, 0.1) is 0 Å². The van der Waals surface area contributed by atoms with E-state index < -0.39 is 0 Å². The van der Waals surface area contributed by atoms with Gasteiger partial charge in [-0.3, -0.25) is 0 Å². The fourth-order valence-electron chi connectivity index (χ4n) is 1.56. The standard InChI is InChI=1S/C8H17N.C2H6/c1-2-9-7-8-5-3-4-6-8;1-2/h8-9H,2-7H2,1H3;1-2H3. The van der Waals surface area contributed by atoms with Crippen LogP contribution in [0.3, 0.4) is 0 Å². The summed E-state index contributed by atoms with van der Waals surface area (Å²) < 4.78 is 0. The molecule has 68 valence electrons. The van der Waals surface area contributed by atoms with Gasteiger partial charge in [0, 0.05) is 0 Å². The predicted molar refractivity (Wildman–Crippen MR) is 51.8 cm³/mol. The molecule has 1 saturated carbocycles. The Labute approximate surface area is 71.6 Å². The lowest BCUT2D eigenvalue weighted by molar-refractivity contribution is 0.498. The van der Waals surface area contributed by atoms with Crippen molar-refractivity contribution in [3.8, 4) is 0 Å². The molecule has 0 aliphatic heterocycles. The van der Waals surface area contributed by atoms with Crippen molar-refractivity contribution in [1.29, 1.82) is 0 Å². The Balaban J connectivity index is 0.000000461. The maximum atomic E-state index is 3.39. The summed E-state index contributed by atoms with van der Waals surface area (Å²) in [5.74, 6) is 1.00. The molecule has 11 heavy (non-hydrogen) atoms. The van der Waals surface area contributed by atoms with E-state index in [-0.39, 0.29) is 0 Å². The molecule has 0 unspecified atom stereocenters. The first-order chi connectivity index (χ1) is 5.43. The zero-order valence-electron chi connectivity index (χ0n) is 8.32. The van der Waals surface area contributed by atoms with Crippen molar-refractivity contribution in [2.75, 3.05) is 13.1 Å². The monoisotopic (exact) mass is 157 g/mol. The second kappa shape index (κ2) is 8.06. The van der Waals surface area contributed by atoms with Crippen LogP contribution in [0.5, 0.6) is 0 Å². The largest absolute Gasteiger partial charge is 0.317 e. The van der Waals surface area contributed by atoms with Gasteiger partial charge in [0.2, 0.25) is 0 Å². The first-order valence-corrected chi connectivity index (χ1v) is 5.14. The Morgan fingerprint density at radius 3 is 2.18 bits per heavy atom. The van der Waals surface area contributed by atoms with Crippen LogP contribution in [-0.2, 0) is 0 Å². The van der Waals surface area contributed by atoms with Crippen LogP contribution in [0.15, 0.2) is 0 Å². The van der Waals surface area contributed by atoms with Gasteiger partial charge in [0.25, 0.3) is 0 Å². The van der Waals surface area contributed by atoms with E-state index in [1.807, 2.05) is 13.8 Å². The molecule has 0 aromatic heterocycles. The molecule has 1 nitrogen and oxygen atoms in total. The molecule has 1 aliphatic rings. The van der Waals surface area contributed by atoms with Crippen LogP contribution in [0.1, 0.15) is 46.5 Å². The SMILES string of the molecule is CC.CCNCC1CCCC1. The summed E-state index contributed by atoms with van der Waals surface area (Å²) in [7, 11) is 0. The third-order valence-corrected chi connectivity index (χ3v) is 2.16. The van der Waals surface area contributed by atoms with Crippen molar-refractivity contribution in [3.63, 3.8) is 0 Å². The first-order valence-electron chi connectivity index (χ1n) is 5.14. The Kier molecular flexibility index (Phi) is 8.03. The van der Waals surface area contributed by atoms with E-state index in [0.717, 1.165) is 12.5 Å². The minimum atomic E-state index is 1.00. The summed E-state index contributed by atoms with van der Waals surface area (Å²) in [5, 5.41) is 3.39. The molecule has 1 heteroatoms. The van der Waals surface area contributed by atoms with Crippen LogP contribution in [0.25, 0.3) is 0 Å². The molecule has 0 amide bonds. The molecule has 1 fully saturated rings. The van der Waals surface area contributed by atoms with Gasteiger partial charge in [-0.15, -0.1) is 0 Å². The Hall–Kier alpha value is -0.0400. The van der Waals surface area contributed by atoms with Crippen molar-refractivity contribution in [1.82, 2.24) is 5.32 Å². The first kappa shape index (κ1) is 11.0.